The third-order valence-electron chi connectivity index (χ3n) is 3.37. The minimum Gasteiger partial charge on any atom is -0.484 e. The monoisotopic (exact) mass is 296 g/mol. The summed E-state index contributed by atoms with van der Waals surface area (Å²) in [4.78, 5) is 23.2. The molecule has 0 unspecified atom stereocenters. The highest BCUT2D eigenvalue weighted by molar-refractivity contribution is 6.00. The van der Waals surface area contributed by atoms with Gasteiger partial charge >= 0.3 is 0 Å². The molecule has 2 amide bonds. The lowest BCUT2D eigenvalue weighted by atomic mass is 10.1. The zero-order chi connectivity index (χ0) is 15.5. The number of rotatable bonds is 4. The van der Waals surface area contributed by atoms with Gasteiger partial charge in [-0.25, -0.2) is 0 Å². The molecule has 0 aliphatic carbocycles. The number of nitrogens with one attached hydrogen (secondary N) is 2. The van der Waals surface area contributed by atoms with Crippen molar-refractivity contribution >= 4 is 23.2 Å². The highest BCUT2D eigenvalue weighted by atomic mass is 16.5. The molecule has 5 heteroatoms. The van der Waals surface area contributed by atoms with Gasteiger partial charge in [0.2, 0.25) is 5.91 Å². The van der Waals surface area contributed by atoms with Crippen molar-refractivity contribution in [3.63, 3.8) is 0 Å². The summed E-state index contributed by atoms with van der Waals surface area (Å²) in [6.45, 7) is 1.91. The Kier molecular flexibility index (Phi) is 3.78. The highest BCUT2D eigenvalue weighted by Gasteiger charge is 2.17. The van der Waals surface area contributed by atoms with Crippen LogP contribution in [0.15, 0.2) is 42.5 Å². The molecule has 0 radical (unpaired) electrons. The third kappa shape index (κ3) is 3.25. The van der Waals surface area contributed by atoms with E-state index in [1.54, 1.807) is 18.2 Å². The molecule has 3 rings (SSSR count). The van der Waals surface area contributed by atoms with Crippen molar-refractivity contribution in [2.45, 2.75) is 13.3 Å². The van der Waals surface area contributed by atoms with E-state index in [2.05, 4.69) is 10.6 Å². The summed E-state index contributed by atoms with van der Waals surface area (Å²) in [5.41, 5.74) is 3.43. The Labute approximate surface area is 128 Å². The fourth-order valence-electron chi connectivity index (χ4n) is 2.36. The summed E-state index contributed by atoms with van der Waals surface area (Å²) in [7, 11) is 0. The lowest BCUT2D eigenvalue weighted by molar-refractivity contribution is -0.118. The van der Waals surface area contributed by atoms with Crippen molar-refractivity contribution in [2.75, 3.05) is 17.2 Å². The first kappa shape index (κ1) is 14.1. The van der Waals surface area contributed by atoms with Crippen LogP contribution in [-0.4, -0.2) is 18.4 Å². The summed E-state index contributed by atoms with van der Waals surface area (Å²) < 4.78 is 5.45. The van der Waals surface area contributed by atoms with Crippen molar-refractivity contribution in [1.29, 1.82) is 0 Å². The van der Waals surface area contributed by atoms with Crippen LogP contribution in [0.1, 0.15) is 11.1 Å². The average molecular weight is 296 g/mol. The number of fused-ring (bicyclic) bond motifs is 1. The number of ether oxygens (including phenoxy) is 1. The summed E-state index contributed by atoms with van der Waals surface area (Å²) in [6, 6.07) is 12.9. The Morgan fingerprint density at radius 2 is 2.14 bits per heavy atom. The van der Waals surface area contributed by atoms with Gasteiger partial charge in [0.25, 0.3) is 5.91 Å². The molecule has 0 fully saturated rings. The molecule has 2 aromatic rings. The van der Waals surface area contributed by atoms with Gasteiger partial charge < -0.3 is 15.4 Å². The Morgan fingerprint density at radius 3 is 2.95 bits per heavy atom. The standard InChI is InChI=1S/C17H16N2O3/c1-11-3-2-4-14(7-11)22-10-17(21)18-13-5-6-15-12(8-13)9-16(20)19-15/h2-8H,9-10H2,1H3,(H,18,21)(H,19,20). The molecule has 0 saturated heterocycles. The smallest absolute Gasteiger partial charge is 0.262 e. The molecule has 0 atom stereocenters. The largest absolute Gasteiger partial charge is 0.484 e. The molecule has 2 N–H and O–H groups in total. The Hall–Kier alpha value is -2.82. The van der Waals surface area contributed by atoms with Crippen LogP contribution in [0.4, 0.5) is 11.4 Å². The number of amides is 2. The van der Waals surface area contributed by atoms with E-state index in [0.29, 0.717) is 17.9 Å². The quantitative estimate of drug-likeness (QED) is 0.911. The molecular formula is C17H16N2O3. The molecule has 0 aromatic heterocycles. The Bertz CT molecular complexity index is 740. The van der Waals surface area contributed by atoms with Crippen molar-refractivity contribution < 1.29 is 14.3 Å². The van der Waals surface area contributed by atoms with E-state index in [0.717, 1.165) is 16.8 Å². The van der Waals surface area contributed by atoms with E-state index in [4.69, 9.17) is 4.74 Å². The summed E-state index contributed by atoms with van der Waals surface area (Å²) in [6.07, 6.45) is 0.346. The van der Waals surface area contributed by atoms with Crippen LogP contribution < -0.4 is 15.4 Å². The molecule has 1 heterocycles. The van der Waals surface area contributed by atoms with Crippen molar-refractivity contribution in [3.05, 3.63) is 53.6 Å². The van der Waals surface area contributed by atoms with Crippen LogP contribution in [-0.2, 0) is 16.0 Å². The van der Waals surface area contributed by atoms with Crippen molar-refractivity contribution in [2.24, 2.45) is 0 Å². The average Bonchev–Trinajstić information content (AvgIpc) is 2.84. The molecule has 0 bridgehead atoms. The van der Waals surface area contributed by atoms with Gasteiger partial charge in [-0.2, -0.15) is 0 Å². The van der Waals surface area contributed by atoms with E-state index in [-0.39, 0.29) is 18.4 Å². The number of hydrogen-bond acceptors (Lipinski definition) is 3. The SMILES string of the molecule is Cc1cccc(OCC(=O)Nc2ccc3c(c2)CC(=O)N3)c1. The molecule has 22 heavy (non-hydrogen) atoms. The summed E-state index contributed by atoms with van der Waals surface area (Å²) in [5.74, 6) is 0.402. The van der Waals surface area contributed by atoms with Gasteiger partial charge in [0, 0.05) is 11.4 Å². The lowest BCUT2D eigenvalue weighted by Gasteiger charge is -2.09. The number of carbonyl (C=O) groups excluding carboxylic acids is 2. The maximum atomic E-state index is 11.9. The second kappa shape index (κ2) is 5.89. The normalized spacial score (nSPS) is 12.5. The molecule has 0 saturated carbocycles. The van der Waals surface area contributed by atoms with E-state index in [1.807, 2.05) is 31.2 Å². The second-order valence-corrected chi connectivity index (χ2v) is 5.25. The second-order valence-electron chi connectivity index (χ2n) is 5.25. The van der Waals surface area contributed by atoms with Crippen molar-refractivity contribution in [3.8, 4) is 5.75 Å². The van der Waals surface area contributed by atoms with Crippen LogP contribution in [0, 0.1) is 6.92 Å². The van der Waals surface area contributed by atoms with Gasteiger partial charge in [-0.05, 0) is 48.4 Å². The fraction of sp³-hybridized carbons (Fsp3) is 0.176. The maximum Gasteiger partial charge on any atom is 0.262 e. The van der Waals surface area contributed by atoms with Gasteiger partial charge in [-0.3, -0.25) is 9.59 Å². The number of benzene rings is 2. The molecule has 112 valence electrons. The van der Waals surface area contributed by atoms with Crippen LogP contribution in [0.5, 0.6) is 5.75 Å². The van der Waals surface area contributed by atoms with Gasteiger partial charge in [-0.15, -0.1) is 0 Å². The van der Waals surface area contributed by atoms with Gasteiger partial charge in [0.1, 0.15) is 5.75 Å². The third-order valence-corrected chi connectivity index (χ3v) is 3.37. The predicted molar refractivity (Wildman–Crippen MR) is 84.1 cm³/mol. The molecule has 1 aliphatic rings. The number of carbonyl (C=O) groups is 2. The number of anilines is 2. The lowest BCUT2D eigenvalue weighted by Crippen LogP contribution is -2.20. The summed E-state index contributed by atoms with van der Waals surface area (Å²) in [5, 5.41) is 5.52. The first-order valence-electron chi connectivity index (χ1n) is 7.02. The van der Waals surface area contributed by atoms with E-state index in [1.165, 1.54) is 0 Å². The number of aryl methyl sites for hydroxylation is 1. The topological polar surface area (TPSA) is 67.4 Å². The highest BCUT2D eigenvalue weighted by Crippen LogP contribution is 2.25. The minimum atomic E-state index is -0.237. The zero-order valence-corrected chi connectivity index (χ0v) is 12.2. The predicted octanol–water partition coefficient (Wildman–Crippen LogP) is 2.51. The fourth-order valence-corrected chi connectivity index (χ4v) is 2.36. The van der Waals surface area contributed by atoms with Gasteiger partial charge in [0.05, 0.1) is 6.42 Å². The van der Waals surface area contributed by atoms with Crippen LogP contribution in [0.2, 0.25) is 0 Å². The van der Waals surface area contributed by atoms with E-state index >= 15 is 0 Å². The Morgan fingerprint density at radius 1 is 1.27 bits per heavy atom. The Balaban J connectivity index is 1.58. The molecule has 2 aromatic carbocycles. The minimum absolute atomic E-state index is 0.0266. The first-order valence-corrected chi connectivity index (χ1v) is 7.02. The van der Waals surface area contributed by atoms with Crippen LogP contribution >= 0.6 is 0 Å². The van der Waals surface area contributed by atoms with Gasteiger partial charge in [0.15, 0.2) is 6.61 Å². The van der Waals surface area contributed by atoms with E-state index < -0.39 is 0 Å². The molecule has 0 spiro atoms. The number of hydrogen-bond donors (Lipinski definition) is 2. The first-order chi connectivity index (χ1) is 10.6. The molecule has 1 aliphatic heterocycles. The molecular weight excluding hydrogens is 280 g/mol. The summed E-state index contributed by atoms with van der Waals surface area (Å²) >= 11 is 0. The maximum absolute atomic E-state index is 11.9. The van der Waals surface area contributed by atoms with Crippen molar-refractivity contribution in [1.82, 2.24) is 0 Å². The van der Waals surface area contributed by atoms with Crippen LogP contribution in [0.3, 0.4) is 0 Å². The van der Waals surface area contributed by atoms with Gasteiger partial charge in [-0.1, -0.05) is 12.1 Å². The molecule has 5 nitrogen and oxygen atoms in total. The zero-order valence-electron chi connectivity index (χ0n) is 12.2. The van der Waals surface area contributed by atoms with E-state index in [9.17, 15) is 9.59 Å². The van der Waals surface area contributed by atoms with Crippen LogP contribution in [0.25, 0.3) is 0 Å².